The van der Waals surface area contributed by atoms with E-state index in [1.54, 1.807) is 7.11 Å². The molecule has 1 amide bonds. The molecule has 7 heteroatoms. The Labute approximate surface area is 161 Å². The van der Waals surface area contributed by atoms with E-state index in [-0.39, 0.29) is 11.7 Å². The predicted octanol–water partition coefficient (Wildman–Crippen LogP) is 2.96. The van der Waals surface area contributed by atoms with Crippen LogP contribution in [0.4, 0.5) is 5.69 Å². The predicted molar refractivity (Wildman–Crippen MR) is 105 cm³/mol. The Hall–Kier alpha value is -3.74. The van der Waals surface area contributed by atoms with Crippen LogP contribution in [-0.4, -0.2) is 28.5 Å². The third-order valence-corrected chi connectivity index (χ3v) is 4.63. The number of methoxy groups -OCH3 is 1. The molecule has 7 nitrogen and oxygen atoms in total. The van der Waals surface area contributed by atoms with Crippen molar-refractivity contribution in [3.8, 4) is 5.75 Å². The van der Waals surface area contributed by atoms with Gasteiger partial charge in [-0.05, 0) is 29.5 Å². The number of amides is 1. The van der Waals surface area contributed by atoms with Gasteiger partial charge in [-0.2, -0.15) is 5.21 Å². The highest BCUT2D eigenvalue weighted by Gasteiger charge is 2.23. The number of carbonyl (C=O) groups excluding carboxylic acids is 1. The van der Waals surface area contributed by atoms with Crippen molar-refractivity contribution < 1.29 is 9.53 Å². The summed E-state index contributed by atoms with van der Waals surface area (Å²) in [6, 6.07) is 21.2. The molecule has 0 saturated heterocycles. The zero-order chi connectivity index (χ0) is 19.3. The van der Waals surface area contributed by atoms with Gasteiger partial charge in [-0.1, -0.05) is 54.6 Å². The maximum absolute atomic E-state index is 13.2. The van der Waals surface area contributed by atoms with Crippen LogP contribution in [0.5, 0.6) is 5.75 Å². The lowest BCUT2D eigenvalue weighted by atomic mass is 9.96. The number of nitrogens with one attached hydrogen (secondary N) is 1. The Kier molecular flexibility index (Phi) is 4.97. The minimum Gasteiger partial charge on any atom is -0.496 e. The second-order valence-electron chi connectivity index (χ2n) is 6.32. The molecule has 4 aromatic rings. The van der Waals surface area contributed by atoms with E-state index in [0.717, 1.165) is 22.0 Å². The van der Waals surface area contributed by atoms with Crippen LogP contribution in [0.15, 0.2) is 66.7 Å². The van der Waals surface area contributed by atoms with E-state index < -0.39 is 5.92 Å². The monoisotopic (exact) mass is 372 g/mol. The molecule has 0 aliphatic rings. The number of rotatable bonds is 6. The molecule has 0 spiro atoms. The van der Waals surface area contributed by atoms with Crippen LogP contribution >= 0.6 is 0 Å². The first-order chi connectivity index (χ1) is 13.8. The van der Waals surface area contributed by atoms with Crippen molar-refractivity contribution in [3.05, 3.63) is 78.1 Å². The molecule has 4 rings (SSSR count). The first-order valence-electron chi connectivity index (χ1n) is 8.85. The van der Waals surface area contributed by atoms with Gasteiger partial charge in [-0.3, -0.25) is 15.1 Å². The summed E-state index contributed by atoms with van der Waals surface area (Å²) in [5.41, 5.74) is 1.62. The number of nitrogens with zero attached hydrogens (tertiary/aromatic N) is 4. The van der Waals surface area contributed by atoms with Crippen molar-refractivity contribution in [2.45, 2.75) is 12.3 Å². The summed E-state index contributed by atoms with van der Waals surface area (Å²) in [5.74, 6) is 0.115. The molecule has 1 N–H and O–H groups in total. The first kappa shape index (κ1) is 17.7. The molecule has 0 bridgehead atoms. The summed E-state index contributed by atoms with van der Waals surface area (Å²) in [7, 11) is 1.60. The highest BCUT2D eigenvalue weighted by Crippen LogP contribution is 2.28. The van der Waals surface area contributed by atoms with Gasteiger partial charge in [0.15, 0.2) is 0 Å². The Morgan fingerprint density at radius 2 is 1.86 bits per heavy atom. The number of tetrazole rings is 1. The number of carbonyl (C=O) groups is 1. The van der Waals surface area contributed by atoms with Gasteiger partial charge in [0.1, 0.15) is 5.75 Å². The van der Waals surface area contributed by atoms with Crippen LogP contribution in [0.3, 0.4) is 0 Å². The molecule has 140 valence electrons. The van der Waals surface area contributed by atoms with Gasteiger partial charge in [0.25, 0.3) is 0 Å². The lowest BCUT2D eigenvalue weighted by Gasteiger charge is -2.19. The lowest BCUT2D eigenvalue weighted by molar-refractivity contribution is -0.117. The number of fused-ring (bicyclic) bond motifs is 1. The van der Waals surface area contributed by atoms with Crippen LogP contribution < -0.4 is 15.2 Å². The number of hydrogen-bond donors (Lipinski definition) is 1. The molecular weight excluding hydrogens is 354 g/mol. The summed E-state index contributed by atoms with van der Waals surface area (Å²) in [4.78, 5) is 13.2. The molecule has 28 heavy (non-hydrogen) atoms. The Morgan fingerprint density at radius 1 is 1.07 bits per heavy atom. The second-order valence-corrected chi connectivity index (χ2v) is 6.32. The zero-order valence-corrected chi connectivity index (χ0v) is 15.2. The van der Waals surface area contributed by atoms with Gasteiger partial charge in [0, 0.05) is 16.9 Å². The highest BCUT2D eigenvalue weighted by molar-refractivity contribution is 6.04. The number of aromatic nitrogens is 4. The standard InChI is InChI=1S/C21H19N5O2/c1-28-19-12-5-3-8-15(19)13-17(20-23-25-26-24-20)21(27)22-18-11-6-9-14-7-2-4-10-16(14)18/h2-12,17H,13H2,1H3,(H2,22,23,24,25,26,27)/p-1/t17-/m1/s1. The lowest BCUT2D eigenvalue weighted by Crippen LogP contribution is -2.24. The summed E-state index contributed by atoms with van der Waals surface area (Å²) >= 11 is 0. The van der Waals surface area contributed by atoms with Crippen molar-refractivity contribution in [2.75, 3.05) is 12.4 Å². The highest BCUT2D eigenvalue weighted by atomic mass is 16.5. The number of benzene rings is 3. The minimum absolute atomic E-state index is 0.225. The van der Waals surface area contributed by atoms with Crippen molar-refractivity contribution >= 4 is 22.4 Å². The van der Waals surface area contributed by atoms with Gasteiger partial charge < -0.3 is 15.2 Å². The van der Waals surface area contributed by atoms with E-state index in [2.05, 4.69) is 25.9 Å². The molecule has 0 radical (unpaired) electrons. The van der Waals surface area contributed by atoms with Crippen molar-refractivity contribution in [3.63, 3.8) is 0 Å². The third-order valence-electron chi connectivity index (χ3n) is 4.63. The number of ether oxygens (including phenoxy) is 1. The Balaban J connectivity index is 1.66. The smallest absolute Gasteiger partial charge is 0.232 e. The van der Waals surface area contributed by atoms with E-state index in [1.807, 2.05) is 66.7 Å². The van der Waals surface area contributed by atoms with Crippen LogP contribution in [0.2, 0.25) is 0 Å². The number of para-hydroxylation sites is 1. The fourth-order valence-electron chi connectivity index (χ4n) is 3.24. The van der Waals surface area contributed by atoms with E-state index in [0.29, 0.717) is 12.2 Å². The molecule has 1 atom stereocenters. The quantitative estimate of drug-likeness (QED) is 0.559. The van der Waals surface area contributed by atoms with Gasteiger partial charge in [0.05, 0.1) is 13.0 Å². The molecule has 0 saturated carbocycles. The molecule has 1 aromatic heterocycles. The van der Waals surface area contributed by atoms with E-state index in [9.17, 15) is 4.79 Å². The maximum atomic E-state index is 13.2. The zero-order valence-electron chi connectivity index (χ0n) is 15.2. The van der Waals surface area contributed by atoms with Gasteiger partial charge in [-0.25, -0.2) is 0 Å². The molecule has 0 aliphatic heterocycles. The molecular formula is C21H18N5O2-. The Morgan fingerprint density at radius 3 is 2.68 bits per heavy atom. The van der Waals surface area contributed by atoms with Crippen LogP contribution in [0, 0.1) is 0 Å². The molecule has 0 unspecified atom stereocenters. The van der Waals surface area contributed by atoms with Crippen molar-refractivity contribution in [1.29, 1.82) is 0 Å². The fourth-order valence-corrected chi connectivity index (χ4v) is 3.24. The van der Waals surface area contributed by atoms with E-state index >= 15 is 0 Å². The largest absolute Gasteiger partial charge is 0.496 e. The molecule has 0 fully saturated rings. The summed E-state index contributed by atoms with van der Waals surface area (Å²) < 4.78 is 5.42. The summed E-state index contributed by atoms with van der Waals surface area (Å²) in [5, 5.41) is 20.0. The van der Waals surface area contributed by atoms with Crippen molar-refractivity contribution in [2.24, 2.45) is 0 Å². The van der Waals surface area contributed by atoms with Gasteiger partial charge in [-0.15, -0.1) is 0 Å². The van der Waals surface area contributed by atoms with Crippen LogP contribution in [0.1, 0.15) is 17.3 Å². The van der Waals surface area contributed by atoms with Crippen LogP contribution in [0.25, 0.3) is 10.8 Å². The minimum atomic E-state index is -0.648. The molecule has 0 aliphatic carbocycles. The van der Waals surface area contributed by atoms with Gasteiger partial charge in [0.2, 0.25) is 5.91 Å². The van der Waals surface area contributed by atoms with E-state index in [4.69, 9.17) is 4.74 Å². The number of anilines is 1. The summed E-state index contributed by atoms with van der Waals surface area (Å²) in [6.07, 6.45) is 0.369. The van der Waals surface area contributed by atoms with Gasteiger partial charge >= 0.3 is 0 Å². The average Bonchev–Trinajstić information content (AvgIpc) is 3.27. The molecule has 3 aromatic carbocycles. The normalized spacial score (nSPS) is 11.9. The second kappa shape index (κ2) is 7.87. The van der Waals surface area contributed by atoms with E-state index in [1.165, 1.54) is 0 Å². The third kappa shape index (κ3) is 3.55. The summed E-state index contributed by atoms with van der Waals surface area (Å²) in [6.45, 7) is 0. The van der Waals surface area contributed by atoms with Crippen LogP contribution in [-0.2, 0) is 11.2 Å². The van der Waals surface area contributed by atoms with Crippen molar-refractivity contribution in [1.82, 2.24) is 20.6 Å². The Bertz CT molecular complexity index is 1090. The molecule has 1 heterocycles. The SMILES string of the molecule is COc1ccccc1C[C@@H](C(=O)Nc1cccc2ccccc12)c1nnn[n-]1. The fraction of sp³-hybridized carbons (Fsp3) is 0.143. The number of hydrogen-bond acceptors (Lipinski definition) is 5. The first-order valence-corrected chi connectivity index (χ1v) is 8.85. The maximum Gasteiger partial charge on any atom is 0.232 e. The average molecular weight is 372 g/mol. The topological polar surface area (TPSA) is 91.1 Å².